The Balaban J connectivity index is 1.07. The van der Waals surface area contributed by atoms with E-state index in [9.17, 15) is 9.59 Å². The van der Waals surface area contributed by atoms with E-state index in [1.165, 1.54) is 22.8 Å². The number of aromatic nitrogens is 3. The number of fused-ring (bicyclic) bond motifs is 2. The average Bonchev–Trinajstić information content (AvgIpc) is 3.15. The fourth-order valence-corrected chi connectivity index (χ4v) is 6.41. The van der Waals surface area contributed by atoms with Crippen molar-refractivity contribution in [3.8, 4) is 28.7 Å². The lowest BCUT2D eigenvalue weighted by atomic mass is 10.1. The van der Waals surface area contributed by atoms with E-state index < -0.39 is 17.3 Å². The van der Waals surface area contributed by atoms with Crippen LogP contribution < -0.4 is 25.1 Å². The normalized spacial score (nSPS) is 13.7. The smallest absolute Gasteiger partial charge is 0.269 e. The van der Waals surface area contributed by atoms with Crippen molar-refractivity contribution >= 4 is 49.5 Å². The van der Waals surface area contributed by atoms with Gasteiger partial charge in [0.15, 0.2) is 23.1 Å². The number of anilines is 1. The Morgan fingerprint density at radius 1 is 0.904 bits per heavy atom. The van der Waals surface area contributed by atoms with Crippen molar-refractivity contribution in [2.24, 2.45) is 0 Å². The Morgan fingerprint density at radius 3 is 2.48 bits per heavy atom. The Hall–Kier alpha value is -5.37. The van der Waals surface area contributed by atoms with Gasteiger partial charge >= 0.3 is 0 Å². The number of methoxy groups -OCH3 is 1. The van der Waals surface area contributed by atoms with Crippen LogP contribution in [0.1, 0.15) is 16.8 Å². The van der Waals surface area contributed by atoms with Gasteiger partial charge in [-0.05, 0) is 80.2 Å². The van der Waals surface area contributed by atoms with Crippen LogP contribution in [-0.4, -0.2) is 83.7 Å². The van der Waals surface area contributed by atoms with Crippen molar-refractivity contribution in [1.82, 2.24) is 24.3 Å². The van der Waals surface area contributed by atoms with Crippen LogP contribution in [0.5, 0.6) is 23.0 Å². The van der Waals surface area contributed by atoms with Gasteiger partial charge in [0.05, 0.1) is 24.9 Å². The molecule has 1 saturated heterocycles. The van der Waals surface area contributed by atoms with Gasteiger partial charge in [0.1, 0.15) is 17.0 Å². The lowest BCUT2D eigenvalue weighted by molar-refractivity contribution is 0.102. The Labute approximate surface area is 307 Å². The molecule has 3 aromatic heterocycles. The number of piperazine rings is 1. The highest BCUT2D eigenvalue weighted by Gasteiger charge is 2.20. The molecule has 1 fully saturated rings. The molecule has 1 amide bonds. The number of benzene rings is 3. The summed E-state index contributed by atoms with van der Waals surface area (Å²) in [6.07, 6.45) is 4.03. The molecule has 266 valence electrons. The highest BCUT2D eigenvalue weighted by Crippen LogP contribution is 2.38. The van der Waals surface area contributed by atoms with E-state index in [1.807, 2.05) is 0 Å². The van der Waals surface area contributed by atoms with E-state index in [1.54, 1.807) is 74.1 Å². The van der Waals surface area contributed by atoms with Crippen molar-refractivity contribution in [3.63, 3.8) is 0 Å². The molecule has 11 nitrogen and oxygen atoms in total. The van der Waals surface area contributed by atoms with Crippen molar-refractivity contribution in [1.29, 1.82) is 0 Å². The number of amides is 1. The molecule has 0 radical (unpaired) electrons. The summed E-state index contributed by atoms with van der Waals surface area (Å²) in [5.41, 5.74) is 0.995. The number of carbonyl (C=O) groups excluding carboxylic acids is 1. The zero-order valence-electron chi connectivity index (χ0n) is 28.6. The third-order valence-electron chi connectivity index (χ3n) is 8.96. The monoisotopic (exact) mass is 766 g/mol. The summed E-state index contributed by atoms with van der Waals surface area (Å²) < 4.78 is 35.5. The number of rotatable bonds is 11. The number of carbonyl (C=O) groups is 1. The van der Waals surface area contributed by atoms with Crippen LogP contribution in [0.2, 0.25) is 0 Å². The van der Waals surface area contributed by atoms with Crippen molar-refractivity contribution in [3.05, 3.63) is 117 Å². The van der Waals surface area contributed by atoms with E-state index in [4.69, 9.17) is 14.2 Å². The van der Waals surface area contributed by atoms with Gasteiger partial charge in [-0.3, -0.25) is 19.1 Å². The number of nitrogens with one attached hydrogen (secondary N) is 1. The van der Waals surface area contributed by atoms with Crippen LogP contribution in [0.25, 0.3) is 27.6 Å². The second kappa shape index (κ2) is 15.5. The molecule has 0 atom stereocenters. The molecule has 0 bridgehead atoms. The van der Waals surface area contributed by atoms with E-state index >= 15 is 4.39 Å². The maximum absolute atomic E-state index is 15.5. The highest BCUT2D eigenvalue weighted by atomic mass is 79.9. The number of halogens is 2. The van der Waals surface area contributed by atoms with E-state index in [2.05, 4.69) is 48.1 Å². The second-order valence-electron chi connectivity index (χ2n) is 12.5. The zero-order chi connectivity index (χ0) is 36.2. The molecule has 13 heteroatoms. The van der Waals surface area contributed by atoms with Crippen LogP contribution in [0, 0.1) is 5.82 Å². The summed E-state index contributed by atoms with van der Waals surface area (Å²) in [5, 5.41) is 3.85. The lowest BCUT2D eigenvalue weighted by Gasteiger charge is -2.32. The minimum Gasteiger partial charge on any atom is -0.493 e. The maximum atomic E-state index is 15.5. The topological polar surface area (TPSA) is 111 Å². The van der Waals surface area contributed by atoms with E-state index in [0.717, 1.165) is 49.7 Å². The summed E-state index contributed by atoms with van der Waals surface area (Å²) in [6.45, 7) is 5.74. The molecule has 0 aliphatic carbocycles. The Kier molecular flexibility index (Phi) is 10.4. The molecule has 3 aromatic carbocycles. The molecule has 7 rings (SSSR count). The molecule has 0 unspecified atom stereocenters. The van der Waals surface area contributed by atoms with Gasteiger partial charge in [0.25, 0.3) is 11.5 Å². The number of hydrogen-bond acceptors (Lipinski definition) is 9. The molecular formula is C39H36BrFN6O5. The average molecular weight is 768 g/mol. The zero-order valence-corrected chi connectivity index (χ0v) is 30.2. The van der Waals surface area contributed by atoms with Crippen LogP contribution >= 0.6 is 15.9 Å². The molecule has 0 saturated carbocycles. The number of ether oxygens (including phenoxy) is 3. The Morgan fingerprint density at radius 2 is 1.71 bits per heavy atom. The first kappa shape index (κ1) is 35.1. The molecule has 6 aromatic rings. The molecule has 4 heterocycles. The molecule has 1 N–H and O–H groups in total. The summed E-state index contributed by atoms with van der Waals surface area (Å²) >= 11 is 3.41. The summed E-state index contributed by atoms with van der Waals surface area (Å²) in [7, 11) is 3.70. The predicted octanol–water partition coefficient (Wildman–Crippen LogP) is 6.91. The minimum absolute atomic E-state index is 0.0666. The van der Waals surface area contributed by atoms with Crippen LogP contribution in [-0.2, 0) is 0 Å². The van der Waals surface area contributed by atoms with Gasteiger partial charge in [-0.1, -0.05) is 15.9 Å². The van der Waals surface area contributed by atoms with Crippen LogP contribution in [0.4, 0.5) is 10.1 Å². The first-order valence-electron chi connectivity index (χ1n) is 16.8. The lowest BCUT2D eigenvalue weighted by Crippen LogP contribution is -2.44. The standard InChI is InChI=1S/C39H36BrFN6O5/c1-45-16-18-46(19-17-45)15-4-20-51-36-24-32-29(23-35(36)50-2)33(12-14-42-32)52-34-11-8-27(22-31(34)41)44-38(48)30-21-25-5-3-13-43-37(25)47(39(30)49)28-9-6-26(40)7-10-28/h3,5-14,21-24H,4,15-20H2,1-2H3,(H,44,48). The van der Waals surface area contributed by atoms with Gasteiger partial charge < -0.3 is 29.3 Å². The van der Waals surface area contributed by atoms with Gasteiger partial charge in [-0.25, -0.2) is 9.37 Å². The van der Waals surface area contributed by atoms with E-state index in [0.29, 0.717) is 51.5 Å². The first-order chi connectivity index (χ1) is 25.3. The Bertz CT molecular complexity index is 2310. The minimum atomic E-state index is -0.718. The molecule has 0 spiro atoms. The van der Waals surface area contributed by atoms with Crippen molar-refractivity contribution < 1.29 is 23.4 Å². The van der Waals surface area contributed by atoms with Crippen molar-refractivity contribution in [2.75, 3.05) is 58.8 Å². The largest absolute Gasteiger partial charge is 0.493 e. The number of pyridine rings is 3. The number of hydrogen-bond donors (Lipinski definition) is 1. The van der Waals surface area contributed by atoms with Gasteiger partial charge in [-0.15, -0.1) is 0 Å². The first-order valence-corrected chi connectivity index (χ1v) is 17.6. The number of nitrogens with zero attached hydrogens (tertiary/aromatic N) is 5. The summed E-state index contributed by atoms with van der Waals surface area (Å²) in [5.74, 6) is -0.0473. The molecular weight excluding hydrogens is 731 g/mol. The maximum Gasteiger partial charge on any atom is 0.269 e. The molecule has 52 heavy (non-hydrogen) atoms. The van der Waals surface area contributed by atoms with Gasteiger partial charge in [0.2, 0.25) is 0 Å². The molecule has 1 aliphatic heterocycles. The number of likely N-dealkylation sites (N-methyl/N-ethyl adjacent to an activating group) is 1. The predicted molar refractivity (Wildman–Crippen MR) is 202 cm³/mol. The highest BCUT2D eigenvalue weighted by molar-refractivity contribution is 9.10. The van der Waals surface area contributed by atoms with Crippen LogP contribution in [0.3, 0.4) is 0 Å². The molecule has 1 aliphatic rings. The third-order valence-corrected chi connectivity index (χ3v) is 9.49. The van der Waals surface area contributed by atoms with Crippen LogP contribution in [0.15, 0.2) is 101 Å². The fraction of sp³-hybridized carbons (Fsp3) is 0.231. The second-order valence-corrected chi connectivity index (χ2v) is 13.4. The third kappa shape index (κ3) is 7.61. The van der Waals surface area contributed by atoms with E-state index in [-0.39, 0.29) is 17.0 Å². The van der Waals surface area contributed by atoms with Crippen molar-refractivity contribution in [2.45, 2.75) is 6.42 Å². The fourth-order valence-electron chi connectivity index (χ4n) is 6.14. The van der Waals surface area contributed by atoms with Gasteiger partial charge in [-0.2, -0.15) is 0 Å². The summed E-state index contributed by atoms with van der Waals surface area (Å²) in [6, 6.07) is 21.3. The SMILES string of the molecule is COc1cc2c(Oc3ccc(NC(=O)c4cc5cccnc5n(-c5ccc(Br)cc5)c4=O)cc3F)ccnc2cc1OCCCN1CCN(C)CC1. The van der Waals surface area contributed by atoms with Gasteiger partial charge in [0, 0.05) is 78.2 Å². The summed E-state index contributed by atoms with van der Waals surface area (Å²) in [4.78, 5) is 40.8. The quantitative estimate of drug-likeness (QED) is 0.141.